The standard InChI is InChI=1S/C11H9F4N.C2H6/c1-3-4-7-5-8(16)10(12)6(2)9(7)11(13,14)15;1-2/h5H,16H2,1-2H3;1-2H3. The van der Waals surface area contributed by atoms with Crippen LogP contribution in [0.25, 0.3) is 0 Å². The normalized spacial score (nSPS) is 10.0. The molecule has 0 fully saturated rings. The molecule has 0 unspecified atom stereocenters. The summed E-state index contributed by atoms with van der Waals surface area (Å²) in [7, 11) is 0. The SMILES string of the molecule is CC.CC#Cc1cc(N)c(F)c(C)c1C(F)(F)F. The van der Waals surface area contributed by atoms with Crippen molar-refractivity contribution in [2.75, 3.05) is 5.73 Å². The number of rotatable bonds is 0. The molecular formula is C13H15F4N. The first kappa shape index (κ1) is 16.3. The maximum atomic E-state index is 13.3. The molecule has 0 aliphatic carbocycles. The lowest BCUT2D eigenvalue weighted by Gasteiger charge is -2.14. The molecule has 2 N–H and O–H groups in total. The third-order valence-electron chi connectivity index (χ3n) is 2.07. The molecule has 5 heteroatoms. The summed E-state index contributed by atoms with van der Waals surface area (Å²) in [5, 5.41) is 0. The zero-order valence-corrected chi connectivity index (χ0v) is 10.7. The van der Waals surface area contributed by atoms with E-state index in [1.54, 1.807) is 0 Å². The topological polar surface area (TPSA) is 26.0 Å². The molecule has 18 heavy (non-hydrogen) atoms. The molecule has 0 atom stereocenters. The van der Waals surface area contributed by atoms with Crippen molar-refractivity contribution in [2.45, 2.75) is 33.9 Å². The van der Waals surface area contributed by atoms with Gasteiger partial charge in [0.1, 0.15) is 5.82 Å². The van der Waals surface area contributed by atoms with Gasteiger partial charge in [0.05, 0.1) is 11.3 Å². The maximum Gasteiger partial charge on any atom is 0.417 e. The third kappa shape index (κ3) is 3.39. The van der Waals surface area contributed by atoms with E-state index in [1.807, 2.05) is 13.8 Å². The molecule has 0 spiro atoms. The third-order valence-corrected chi connectivity index (χ3v) is 2.07. The Bertz CT molecular complexity index is 478. The molecule has 1 aromatic rings. The van der Waals surface area contributed by atoms with Gasteiger partial charge in [0, 0.05) is 11.1 Å². The second kappa shape index (κ2) is 6.29. The Morgan fingerprint density at radius 2 is 1.72 bits per heavy atom. The number of benzene rings is 1. The van der Waals surface area contributed by atoms with Crippen LogP contribution in [0.5, 0.6) is 0 Å². The largest absolute Gasteiger partial charge is 0.417 e. The van der Waals surface area contributed by atoms with E-state index < -0.39 is 23.1 Å². The predicted molar refractivity (Wildman–Crippen MR) is 64.5 cm³/mol. The van der Waals surface area contributed by atoms with Crippen molar-refractivity contribution in [3.63, 3.8) is 0 Å². The summed E-state index contributed by atoms with van der Waals surface area (Å²) in [4.78, 5) is 0. The highest BCUT2D eigenvalue weighted by atomic mass is 19.4. The van der Waals surface area contributed by atoms with Crippen molar-refractivity contribution in [1.82, 2.24) is 0 Å². The van der Waals surface area contributed by atoms with Crippen molar-refractivity contribution >= 4 is 5.69 Å². The first-order chi connectivity index (χ1) is 8.29. The van der Waals surface area contributed by atoms with Gasteiger partial charge in [-0.05, 0) is 19.9 Å². The molecule has 0 amide bonds. The lowest BCUT2D eigenvalue weighted by molar-refractivity contribution is -0.138. The fraction of sp³-hybridized carbons (Fsp3) is 0.385. The molecule has 0 saturated carbocycles. The lowest BCUT2D eigenvalue weighted by atomic mass is 10.00. The van der Waals surface area contributed by atoms with Crippen LogP contribution in [-0.4, -0.2) is 0 Å². The number of alkyl halides is 3. The summed E-state index contributed by atoms with van der Waals surface area (Å²) in [5.41, 5.74) is 3.04. The van der Waals surface area contributed by atoms with E-state index in [2.05, 4.69) is 11.8 Å². The summed E-state index contributed by atoms with van der Waals surface area (Å²) in [6.07, 6.45) is -4.64. The van der Waals surface area contributed by atoms with Crippen LogP contribution >= 0.6 is 0 Å². The molecule has 100 valence electrons. The average molecular weight is 261 g/mol. The van der Waals surface area contributed by atoms with Crippen molar-refractivity contribution in [3.05, 3.63) is 28.6 Å². The van der Waals surface area contributed by atoms with Crippen LogP contribution in [0.3, 0.4) is 0 Å². The molecule has 0 bridgehead atoms. The highest BCUT2D eigenvalue weighted by Gasteiger charge is 2.36. The minimum absolute atomic E-state index is 0.300. The first-order valence-electron chi connectivity index (χ1n) is 5.37. The van der Waals surface area contributed by atoms with Crippen LogP contribution in [-0.2, 0) is 6.18 Å². The van der Waals surface area contributed by atoms with E-state index in [4.69, 9.17) is 5.73 Å². The van der Waals surface area contributed by atoms with Crippen molar-refractivity contribution in [1.29, 1.82) is 0 Å². The zero-order valence-electron chi connectivity index (χ0n) is 10.7. The summed E-state index contributed by atoms with van der Waals surface area (Å²) in [5.74, 6) is 3.57. The summed E-state index contributed by atoms with van der Waals surface area (Å²) in [6, 6.07) is 0.904. The zero-order chi connectivity index (χ0) is 14.5. The second-order valence-corrected chi connectivity index (χ2v) is 3.20. The summed E-state index contributed by atoms with van der Waals surface area (Å²) in [6.45, 7) is 6.43. The number of nitrogens with two attached hydrogens (primary N) is 1. The number of hydrogen-bond donors (Lipinski definition) is 1. The minimum Gasteiger partial charge on any atom is -0.396 e. The van der Waals surface area contributed by atoms with Gasteiger partial charge in [-0.25, -0.2) is 4.39 Å². The fourth-order valence-corrected chi connectivity index (χ4v) is 1.42. The van der Waals surface area contributed by atoms with E-state index in [0.717, 1.165) is 13.0 Å². The number of halogens is 4. The lowest BCUT2D eigenvalue weighted by Crippen LogP contribution is -2.13. The van der Waals surface area contributed by atoms with Crippen LogP contribution in [0.4, 0.5) is 23.2 Å². The van der Waals surface area contributed by atoms with Gasteiger partial charge >= 0.3 is 6.18 Å². The van der Waals surface area contributed by atoms with Crippen LogP contribution < -0.4 is 5.73 Å². The van der Waals surface area contributed by atoms with Crippen LogP contribution in [0.15, 0.2) is 6.07 Å². The highest BCUT2D eigenvalue weighted by Crippen LogP contribution is 2.36. The Morgan fingerprint density at radius 1 is 1.22 bits per heavy atom. The molecule has 0 aliphatic heterocycles. The summed E-state index contributed by atoms with van der Waals surface area (Å²) < 4.78 is 51.3. The molecular weight excluding hydrogens is 246 g/mol. The fourth-order valence-electron chi connectivity index (χ4n) is 1.42. The first-order valence-corrected chi connectivity index (χ1v) is 5.37. The Kier molecular flexibility index (Phi) is 5.70. The van der Waals surface area contributed by atoms with Crippen LogP contribution in [0, 0.1) is 24.6 Å². The summed E-state index contributed by atoms with van der Waals surface area (Å²) >= 11 is 0. The average Bonchev–Trinajstić information content (AvgIpc) is 2.27. The van der Waals surface area contributed by atoms with Gasteiger partial charge < -0.3 is 5.73 Å². The molecule has 0 radical (unpaired) electrons. The maximum absolute atomic E-state index is 13.3. The molecule has 1 rings (SSSR count). The van der Waals surface area contributed by atoms with Crippen LogP contribution in [0.1, 0.15) is 37.5 Å². The number of hydrogen-bond acceptors (Lipinski definition) is 1. The Hall–Kier alpha value is -1.70. The van der Waals surface area contributed by atoms with Gasteiger partial charge in [-0.1, -0.05) is 19.8 Å². The Labute approximate surface area is 104 Å². The van der Waals surface area contributed by atoms with E-state index >= 15 is 0 Å². The Morgan fingerprint density at radius 3 is 2.11 bits per heavy atom. The molecule has 0 aliphatic rings. The smallest absolute Gasteiger partial charge is 0.396 e. The van der Waals surface area contributed by atoms with Gasteiger partial charge in [-0.2, -0.15) is 13.2 Å². The van der Waals surface area contributed by atoms with Gasteiger partial charge in [-0.3, -0.25) is 0 Å². The molecule has 0 heterocycles. The molecule has 1 nitrogen and oxygen atoms in total. The quantitative estimate of drug-likeness (QED) is 0.424. The predicted octanol–water partition coefficient (Wildman–Crippen LogP) is 4.13. The molecule has 1 aromatic carbocycles. The van der Waals surface area contributed by atoms with Crippen molar-refractivity contribution in [3.8, 4) is 11.8 Å². The Balaban J connectivity index is 0.00000137. The van der Waals surface area contributed by atoms with E-state index in [9.17, 15) is 17.6 Å². The van der Waals surface area contributed by atoms with E-state index in [-0.39, 0.29) is 11.3 Å². The number of nitrogen functional groups attached to an aromatic ring is 1. The molecule has 0 saturated heterocycles. The van der Waals surface area contributed by atoms with Gasteiger partial charge in [0.2, 0.25) is 0 Å². The number of anilines is 1. The molecule has 0 aromatic heterocycles. The van der Waals surface area contributed by atoms with Crippen LogP contribution in [0.2, 0.25) is 0 Å². The van der Waals surface area contributed by atoms with Crippen molar-refractivity contribution < 1.29 is 17.6 Å². The van der Waals surface area contributed by atoms with Crippen molar-refractivity contribution in [2.24, 2.45) is 0 Å². The van der Waals surface area contributed by atoms with E-state index in [1.165, 1.54) is 6.92 Å². The van der Waals surface area contributed by atoms with Gasteiger partial charge in [0.15, 0.2) is 0 Å². The van der Waals surface area contributed by atoms with E-state index in [0.29, 0.717) is 0 Å². The van der Waals surface area contributed by atoms with Gasteiger partial charge in [0.25, 0.3) is 0 Å². The second-order valence-electron chi connectivity index (χ2n) is 3.20. The minimum atomic E-state index is -4.64. The van der Waals surface area contributed by atoms with Gasteiger partial charge in [-0.15, -0.1) is 5.92 Å². The monoisotopic (exact) mass is 261 g/mol. The highest BCUT2D eigenvalue weighted by molar-refractivity contribution is 5.57.